The molecule has 1 aliphatic carbocycles. The molecule has 0 fully saturated rings. The van der Waals surface area contributed by atoms with E-state index in [4.69, 9.17) is 0 Å². The van der Waals surface area contributed by atoms with Crippen molar-refractivity contribution in [3.8, 4) is 11.3 Å². The van der Waals surface area contributed by atoms with Gasteiger partial charge < -0.3 is 4.98 Å². The maximum Gasteiger partial charge on any atom is 0.256 e. The number of nitrogens with one attached hydrogen (secondary N) is 1. The van der Waals surface area contributed by atoms with Gasteiger partial charge in [0, 0.05) is 28.1 Å². The Hall–Kier alpha value is -2.04. The highest BCUT2D eigenvalue weighted by Gasteiger charge is 2.24. The van der Waals surface area contributed by atoms with Crippen molar-refractivity contribution in [2.24, 2.45) is 0 Å². The highest BCUT2D eigenvalue weighted by Crippen LogP contribution is 2.41. The summed E-state index contributed by atoms with van der Waals surface area (Å²) in [5.74, 6) is 0.948. The Morgan fingerprint density at radius 1 is 1.04 bits per heavy atom. The molecule has 0 spiro atoms. The quantitative estimate of drug-likeness (QED) is 0.461. The van der Waals surface area contributed by atoms with Crippen molar-refractivity contribution in [2.45, 2.75) is 11.3 Å². The van der Waals surface area contributed by atoms with E-state index in [1.807, 2.05) is 30.0 Å². The van der Waals surface area contributed by atoms with Crippen LogP contribution in [-0.4, -0.2) is 29.9 Å². The summed E-state index contributed by atoms with van der Waals surface area (Å²) < 4.78 is 0. The van der Waals surface area contributed by atoms with Gasteiger partial charge in [-0.2, -0.15) is 0 Å². The van der Waals surface area contributed by atoms with Gasteiger partial charge in [-0.15, -0.1) is 11.8 Å². The van der Waals surface area contributed by atoms with Crippen LogP contribution in [0.1, 0.15) is 11.1 Å². The van der Waals surface area contributed by atoms with Gasteiger partial charge in [0.1, 0.15) is 0 Å². The number of thioether (sulfide) groups is 1. The van der Waals surface area contributed by atoms with E-state index in [1.165, 1.54) is 21.6 Å². The minimum Gasteiger partial charge on any atom is -0.321 e. The van der Waals surface area contributed by atoms with Crippen LogP contribution in [0.25, 0.3) is 22.0 Å². The first-order valence-electron chi connectivity index (χ1n) is 7.69. The van der Waals surface area contributed by atoms with Crippen molar-refractivity contribution in [1.29, 1.82) is 0 Å². The number of hydrogen-bond donors (Lipinski definition) is 1. The molecule has 3 nitrogen and oxygen atoms in total. The first kappa shape index (κ1) is 14.5. The number of benzene rings is 2. The van der Waals surface area contributed by atoms with E-state index in [9.17, 15) is 4.79 Å². The smallest absolute Gasteiger partial charge is 0.256 e. The minimum atomic E-state index is -0.00134. The second-order valence-electron chi connectivity index (χ2n) is 6.17. The molecule has 0 saturated heterocycles. The van der Waals surface area contributed by atoms with E-state index in [1.54, 1.807) is 0 Å². The molecule has 1 aliphatic rings. The predicted molar refractivity (Wildman–Crippen MR) is 97.2 cm³/mol. The molecule has 0 atom stereocenters. The van der Waals surface area contributed by atoms with Crippen LogP contribution < -0.4 is 5.56 Å². The molecule has 0 aliphatic heterocycles. The fourth-order valence-electron chi connectivity index (χ4n) is 3.24. The van der Waals surface area contributed by atoms with E-state index in [0.717, 1.165) is 28.8 Å². The van der Waals surface area contributed by atoms with Crippen LogP contribution >= 0.6 is 11.8 Å². The molecule has 23 heavy (non-hydrogen) atoms. The van der Waals surface area contributed by atoms with Crippen LogP contribution in [0.3, 0.4) is 0 Å². The third-order valence-corrected chi connectivity index (χ3v) is 5.61. The molecule has 0 unspecified atom stereocenters. The van der Waals surface area contributed by atoms with Gasteiger partial charge in [0.25, 0.3) is 5.56 Å². The number of fused-ring (bicyclic) bond motifs is 5. The first-order chi connectivity index (χ1) is 11.1. The van der Waals surface area contributed by atoms with E-state index >= 15 is 0 Å². The van der Waals surface area contributed by atoms with Crippen LogP contribution in [-0.2, 0) is 6.42 Å². The molecular formula is C19H18N2OS. The summed E-state index contributed by atoms with van der Waals surface area (Å²) in [6, 6.07) is 14.3. The first-order valence-corrected chi connectivity index (χ1v) is 8.67. The Morgan fingerprint density at radius 2 is 1.83 bits per heavy atom. The summed E-state index contributed by atoms with van der Waals surface area (Å²) in [6.45, 7) is 0. The summed E-state index contributed by atoms with van der Waals surface area (Å²) in [5, 5.41) is 1.85. The van der Waals surface area contributed by atoms with Gasteiger partial charge in [-0.05, 0) is 42.7 Å². The average Bonchev–Trinajstić information content (AvgIpc) is 2.93. The SMILES string of the molecule is CN(C)CSc1cccc2c1Cc1c-2[nH]c(=O)c2ccccc12. The summed E-state index contributed by atoms with van der Waals surface area (Å²) in [4.78, 5) is 19.0. The van der Waals surface area contributed by atoms with Crippen molar-refractivity contribution in [1.82, 2.24) is 9.88 Å². The number of aromatic amines is 1. The predicted octanol–water partition coefficient (Wildman–Crippen LogP) is 3.71. The molecule has 3 aromatic rings. The number of aromatic nitrogens is 1. The Bertz CT molecular complexity index is 959. The highest BCUT2D eigenvalue weighted by atomic mass is 32.2. The third-order valence-electron chi connectivity index (χ3n) is 4.27. The Labute approximate surface area is 139 Å². The lowest BCUT2D eigenvalue weighted by Crippen LogP contribution is -2.09. The summed E-state index contributed by atoms with van der Waals surface area (Å²) in [6.07, 6.45) is 0.887. The number of H-pyrrole nitrogens is 1. The molecule has 1 aromatic heterocycles. The molecule has 4 rings (SSSR count). The number of pyridine rings is 1. The molecule has 0 saturated carbocycles. The van der Waals surface area contributed by atoms with Crippen LogP contribution in [0.5, 0.6) is 0 Å². The molecular weight excluding hydrogens is 304 g/mol. The summed E-state index contributed by atoms with van der Waals surface area (Å²) in [5.41, 5.74) is 4.75. The van der Waals surface area contributed by atoms with Gasteiger partial charge in [-0.1, -0.05) is 30.3 Å². The Balaban J connectivity index is 1.89. The van der Waals surface area contributed by atoms with Crippen LogP contribution in [0.4, 0.5) is 0 Å². The summed E-state index contributed by atoms with van der Waals surface area (Å²) in [7, 11) is 4.16. The normalized spacial score (nSPS) is 12.7. The fourth-order valence-corrected chi connectivity index (χ4v) is 4.17. The van der Waals surface area contributed by atoms with Crippen LogP contribution in [0, 0.1) is 0 Å². The standard InChI is InChI=1S/C19H18N2OS/c1-21(2)11-23-17-9-5-8-13-15(17)10-16-12-6-3-4-7-14(12)19(22)20-18(13)16/h3-9H,10-11H2,1-2H3,(H,20,22). The molecule has 4 heteroatoms. The van der Waals surface area contributed by atoms with Gasteiger partial charge in [-0.3, -0.25) is 9.69 Å². The number of nitrogens with zero attached hydrogens (tertiary/aromatic N) is 1. The van der Waals surface area contributed by atoms with Crippen molar-refractivity contribution >= 4 is 22.5 Å². The van der Waals surface area contributed by atoms with Crippen LogP contribution in [0.2, 0.25) is 0 Å². The Morgan fingerprint density at radius 3 is 2.61 bits per heavy atom. The van der Waals surface area contributed by atoms with Crippen molar-refractivity contribution < 1.29 is 0 Å². The van der Waals surface area contributed by atoms with Gasteiger partial charge >= 0.3 is 0 Å². The average molecular weight is 322 g/mol. The van der Waals surface area contributed by atoms with Gasteiger partial charge in [0.05, 0.1) is 5.69 Å². The van der Waals surface area contributed by atoms with Gasteiger partial charge in [-0.25, -0.2) is 0 Å². The molecule has 0 radical (unpaired) electrons. The lowest BCUT2D eigenvalue weighted by Gasteiger charge is -2.11. The Kier molecular flexibility index (Phi) is 3.51. The monoisotopic (exact) mass is 322 g/mol. The van der Waals surface area contributed by atoms with Gasteiger partial charge in [0.2, 0.25) is 0 Å². The molecule has 1 heterocycles. The highest BCUT2D eigenvalue weighted by molar-refractivity contribution is 7.99. The number of hydrogen-bond acceptors (Lipinski definition) is 3. The van der Waals surface area contributed by atoms with E-state index in [2.05, 4.69) is 48.2 Å². The van der Waals surface area contributed by atoms with E-state index in [-0.39, 0.29) is 5.56 Å². The second-order valence-corrected chi connectivity index (χ2v) is 7.15. The van der Waals surface area contributed by atoms with E-state index < -0.39 is 0 Å². The maximum absolute atomic E-state index is 12.4. The molecule has 0 amide bonds. The molecule has 116 valence electrons. The molecule has 2 aromatic carbocycles. The minimum absolute atomic E-state index is 0.00134. The van der Waals surface area contributed by atoms with Crippen molar-refractivity contribution in [2.75, 3.05) is 20.0 Å². The maximum atomic E-state index is 12.4. The molecule has 0 bridgehead atoms. The topological polar surface area (TPSA) is 36.1 Å². The third kappa shape index (κ3) is 2.38. The lowest BCUT2D eigenvalue weighted by atomic mass is 10.0. The lowest BCUT2D eigenvalue weighted by molar-refractivity contribution is 0.485. The largest absolute Gasteiger partial charge is 0.321 e. The van der Waals surface area contributed by atoms with Crippen LogP contribution in [0.15, 0.2) is 52.2 Å². The van der Waals surface area contributed by atoms with Gasteiger partial charge in [0.15, 0.2) is 0 Å². The van der Waals surface area contributed by atoms with E-state index in [0.29, 0.717) is 0 Å². The molecule has 1 N–H and O–H groups in total. The number of rotatable bonds is 3. The zero-order chi connectivity index (χ0) is 16.0. The zero-order valence-electron chi connectivity index (χ0n) is 13.2. The van der Waals surface area contributed by atoms with Crippen molar-refractivity contribution in [3.05, 3.63) is 63.9 Å². The fraction of sp³-hybridized carbons (Fsp3) is 0.211. The summed E-state index contributed by atoms with van der Waals surface area (Å²) >= 11 is 1.85. The second kappa shape index (κ2) is 5.55. The zero-order valence-corrected chi connectivity index (χ0v) is 14.0. The van der Waals surface area contributed by atoms with Crippen molar-refractivity contribution in [3.63, 3.8) is 0 Å².